The highest BCUT2D eigenvalue weighted by molar-refractivity contribution is 5.68. The van der Waals surface area contributed by atoms with E-state index in [4.69, 9.17) is 4.74 Å². The Hall–Kier alpha value is -1.52. The summed E-state index contributed by atoms with van der Waals surface area (Å²) in [5, 5.41) is 0. The zero-order valence-corrected chi connectivity index (χ0v) is 13.3. The molecular weight excluding hydrogens is 266 g/mol. The van der Waals surface area contributed by atoms with E-state index in [-0.39, 0.29) is 6.09 Å². The summed E-state index contributed by atoms with van der Waals surface area (Å²) in [5.41, 5.74) is 0. The maximum absolute atomic E-state index is 12.2. The zero-order valence-electron chi connectivity index (χ0n) is 13.3. The minimum atomic E-state index is -0.131. The number of aromatic nitrogens is 2. The Labute approximate surface area is 127 Å². The van der Waals surface area contributed by atoms with E-state index < -0.39 is 0 Å². The summed E-state index contributed by atoms with van der Waals surface area (Å²) >= 11 is 0. The summed E-state index contributed by atoms with van der Waals surface area (Å²) in [5.74, 6) is 1.08. The number of unbranched alkanes of at least 4 members (excludes halogenated alkanes) is 1. The van der Waals surface area contributed by atoms with Gasteiger partial charge in [-0.15, -0.1) is 0 Å². The van der Waals surface area contributed by atoms with Crippen LogP contribution in [0.3, 0.4) is 0 Å². The van der Waals surface area contributed by atoms with Gasteiger partial charge in [0.2, 0.25) is 0 Å². The lowest BCUT2D eigenvalue weighted by Crippen LogP contribution is -2.44. The van der Waals surface area contributed by atoms with E-state index in [1.54, 1.807) is 0 Å². The second-order valence-electron chi connectivity index (χ2n) is 5.80. The Morgan fingerprint density at radius 1 is 1.48 bits per heavy atom. The molecule has 1 aliphatic heterocycles. The van der Waals surface area contributed by atoms with E-state index in [2.05, 4.69) is 11.9 Å². The molecule has 0 saturated carbocycles. The molecule has 2 rings (SSSR count). The Morgan fingerprint density at radius 3 is 3.05 bits per heavy atom. The molecule has 2 heterocycles. The summed E-state index contributed by atoms with van der Waals surface area (Å²) in [6, 6.07) is 0.296. The maximum Gasteiger partial charge on any atom is 0.410 e. The van der Waals surface area contributed by atoms with Crippen LogP contribution in [-0.2, 0) is 18.2 Å². The van der Waals surface area contributed by atoms with Crippen LogP contribution in [0.4, 0.5) is 4.79 Å². The third-order valence-corrected chi connectivity index (χ3v) is 4.21. The van der Waals surface area contributed by atoms with Crippen LogP contribution >= 0.6 is 0 Å². The average molecular weight is 293 g/mol. The van der Waals surface area contributed by atoms with Crippen LogP contribution in [0.5, 0.6) is 0 Å². The second-order valence-corrected chi connectivity index (χ2v) is 5.80. The van der Waals surface area contributed by atoms with Crippen molar-refractivity contribution in [3.05, 3.63) is 18.2 Å². The molecule has 1 aliphatic rings. The molecule has 1 aromatic heterocycles. The summed E-state index contributed by atoms with van der Waals surface area (Å²) in [7, 11) is 2.01. The highest BCUT2D eigenvalue weighted by atomic mass is 16.6. The van der Waals surface area contributed by atoms with Crippen molar-refractivity contribution in [2.75, 3.05) is 13.2 Å². The number of carbonyl (C=O) groups is 1. The van der Waals surface area contributed by atoms with E-state index in [1.807, 2.05) is 28.9 Å². The van der Waals surface area contributed by atoms with Gasteiger partial charge in [-0.05, 0) is 32.1 Å². The Bertz CT molecular complexity index is 444. The molecule has 5 nitrogen and oxygen atoms in total. The largest absolute Gasteiger partial charge is 0.449 e. The SMILES string of the molecule is CCCCOC(=O)N1CCCCC1CCc1nccn1C. The number of aryl methyl sites for hydroxylation is 2. The standard InChI is InChI=1S/C16H27N3O2/c1-3-4-13-21-16(20)19-11-6-5-7-14(19)8-9-15-17-10-12-18(15)2/h10,12,14H,3-9,11,13H2,1-2H3. The zero-order chi connectivity index (χ0) is 15.1. The number of carbonyl (C=O) groups excluding carboxylic acids is 1. The molecule has 0 bridgehead atoms. The van der Waals surface area contributed by atoms with Crippen molar-refractivity contribution in [2.45, 2.75) is 57.9 Å². The number of ether oxygens (including phenoxy) is 1. The molecule has 0 aliphatic carbocycles. The van der Waals surface area contributed by atoms with Crippen LogP contribution in [0.1, 0.15) is 51.3 Å². The number of piperidine rings is 1. The molecule has 5 heteroatoms. The fraction of sp³-hybridized carbons (Fsp3) is 0.750. The van der Waals surface area contributed by atoms with Gasteiger partial charge in [-0.25, -0.2) is 9.78 Å². The monoisotopic (exact) mass is 293 g/mol. The van der Waals surface area contributed by atoms with Crippen molar-refractivity contribution in [2.24, 2.45) is 7.05 Å². The van der Waals surface area contributed by atoms with E-state index in [0.29, 0.717) is 12.6 Å². The third-order valence-electron chi connectivity index (χ3n) is 4.21. The predicted molar refractivity (Wildman–Crippen MR) is 82.1 cm³/mol. The summed E-state index contributed by atoms with van der Waals surface area (Å²) < 4.78 is 7.43. The fourth-order valence-electron chi connectivity index (χ4n) is 2.86. The van der Waals surface area contributed by atoms with Gasteiger partial charge in [-0.1, -0.05) is 13.3 Å². The van der Waals surface area contributed by atoms with Gasteiger partial charge >= 0.3 is 6.09 Å². The minimum absolute atomic E-state index is 0.131. The molecule has 0 N–H and O–H groups in total. The van der Waals surface area contributed by atoms with Gasteiger partial charge in [0.05, 0.1) is 6.61 Å². The van der Waals surface area contributed by atoms with Gasteiger partial charge in [0, 0.05) is 38.4 Å². The molecule has 0 radical (unpaired) electrons. The van der Waals surface area contributed by atoms with Gasteiger partial charge in [-0.3, -0.25) is 0 Å². The van der Waals surface area contributed by atoms with E-state index in [1.165, 1.54) is 6.42 Å². The van der Waals surface area contributed by atoms with Crippen LogP contribution in [0.2, 0.25) is 0 Å². The highest BCUT2D eigenvalue weighted by Gasteiger charge is 2.27. The topological polar surface area (TPSA) is 47.4 Å². The van der Waals surface area contributed by atoms with Crippen LogP contribution in [-0.4, -0.2) is 39.7 Å². The Balaban J connectivity index is 1.86. The average Bonchev–Trinajstić information content (AvgIpc) is 2.91. The first-order chi connectivity index (χ1) is 10.2. The fourth-order valence-corrected chi connectivity index (χ4v) is 2.86. The first-order valence-electron chi connectivity index (χ1n) is 8.12. The quantitative estimate of drug-likeness (QED) is 0.757. The summed E-state index contributed by atoms with van der Waals surface area (Å²) in [6.45, 7) is 3.47. The number of rotatable bonds is 6. The molecule has 1 fully saturated rings. The molecule has 21 heavy (non-hydrogen) atoms. The number of hydrogen-bond acceptors (Lipinski definition) is 3. The van der Waals surface area contributed by atoms with Gasteiger partial charge in [0.15, 0.2) is 0 Å². The Morgan fingerprint density at radius 2 is 2.33 bits per heavy atom. The van der Waals surface area contributed by atoms with Crippen molar-refractivity contribution in [1.29, 1.82) is 0 Å². The van der Waals surface area contributed by atoms with Gasteiger partial charge in [-0.2, -0.15) is 0 Å². The predicted octanol–water partition coefficient (Wildman–Crippen LogP) is 3.14. The van der Waals surface area contributed by atoms with Crippen LogP contribution in [0.15, 0.2) is 12.4 Å². The molecule has 1 amide bonds. The van der Waals surface area contributed by atoms with Crippen LogP contribution < -0.4 is 0 Å². The lowest BCUT2D eigenvalue weighted by Gasteiger charge is -2.35. The first-order valence-corrected chi connectivity index (χ1v) is 8.12. The molecule has 1 aromatic rings. The lowest BCUT2D eigenvalue weighted by atomic mass is 9.98. The molecule has 1 unspecified atom stereocenters. The maximum atomic E-state index is 12.2. The number of likely N-dealkylation sites (tertiary alicyclic amines) is 1. The third kappa shape index (κ3) is 4.48. The molecular formula is C16H27N3O2. The van der Waals surface area contributed by atoms with Gasteiger partial charge < -0.3 is 14.2 Å². The molecule has 0 spiro atoms. The van der Waals surface area contributed by atoms with Gasteiger partial charge in [0.25, 0.3) is 0 Å². The van der Waals surface area contributed by atoms with Crippen molar-refractivity contribution >= 4 is 6.09 Å². The second kappa shape index (κ2) is 8.05. The van der Waals surface area contributed by atoms with E-state index >= 15 is 0 Å². The number of hydrogen-bond donors (Lipinski definition) is 0. The van der Waals surface area contributed by atoms with Crippen molar-refractivity contribution in [1.82, 2.24) is 14.5 Å². The van der Waals surface area contributed by atoms with E-state index in [0.717, 1.165) is 50.9 Å². The first kappa shape index (κ1) is 15.9. The summed E-state index contributed by atoms with van der Waals surface area (Å²) in [4.78, 5) is 18.5. The molecule has 1 saturated heterocycles. The highest BCUT2D eigenvalue weighted by Crippen LogP contribution is 2.22. The normalized spacial score (nSPS) is 18.8. The molecule has 0 aromatic carbocycles. The minimum Gasteiger partial charge on any atom is -0.449 e. The number of amides is 1. The smallest absolute Gasteiger partial charge is 0.410 e. The van der Waals surface area contributed by atoms with Crippen molar-refractivity contribution in [3.63, 3.8) is 0 Å². The molecule has 118 valence electrons. The number of nitrogens with zero attached hydrogens (tertiary/aromatic N) is 3. The van der Waals surface area contributed by atoms with Crippen molar-refractivity contribution < 1.29 is 9.53 Å². The lowest BCUT2D eigenvalue weighted by molar-refractivity contribution is 0.0700. The van der Waals surface area contributed by atoms with Crippen LogP contribution in [0, 0.1) is 0 Å². The van der Waals surface area contributed by atoms with Crippen molar-refractivity contribution in [3.8, 4) is 0 Å². The van der Waals surface area contributed by atoms with Crippen LogP contribution in [0.25, 0.3) is 0 Å². The Kier molecular flexibility index (Phi) is 6.08. The molecule has 1 atom stereocenters. The van der Waals surface area contributed by atoms with Gasteiger partial charge in [0.1, 0.15) is 5.82 Å². The number of imidazole rings is 1. The summed E-state index contributed by atoms with van der Waals surface area (Å²) in [6.07, 6.45) is 10.9. The van der Waals surface area contributed by atoms with E-state index in [9.17, 15) is 4.79 Å².